The van der Waals surface area contributed by atoms with E-state index in [1.54, 1.807) is 10.6 Å². The van der Waals surface area contributed by atoms with Gasteiger partial charge in [0.15, 0.2) is 16.6 Å². The van der Waals surface area contributed by atoms with Gasteiger partial charge in [0.25, 0.3) is 0 Å². The van der Waals surface area contributed by atoms with Crippen LogP contribution in [0.15, 0.2) is 60.7 Å². The molecule has 2 aromatic heterocycles. The lowest BCUT2D eigenvalue weighted by molar-refractivity contribution is -0.173. The second kappa shape index (κ2) is 8.99. The standard InChI is InChI=1S/C25H25F3N6S/c1-15(2)17-8-10-18(11-9-17)19-12-21(25(26,27)28)34-22(29-19)13-20(32-34)23-30-31-24(35)33(23)14-16-6-4-3-5-7-16/h3-11,13,15,19,21,29H,12,14H2,1-2H3,(H,31,35)/t19-,21+/m1/s1. The molecule has 1 aliphatic heterocycles. The molecule has 2 aromatic carbocycles. The number of alkyl halides is 3. The molecule has 4 aromatic rings. The van der Waals surface area contributed by atoms with Crippen molar-refractivity contribution in [3.8, 4) is 11.5 Å². The maximum absolute atomic E-state index is 14.1. The van der Waals surface area contributed by atoms with Crippen molar-refractivity contribution in [2.24, 2.45) is 0 Å². The van der Waals surface area contributed by atoms with E-state index in [0.717, 1.165) is 21.4 Å². The molecular weight excluding hydrogens is 473 g/mol. The Bertz CT molecular complexity index is 1370. The van der Waals surface area contributed by atoms with E-state index < -0.39 is 18.3 Å². The maximum atomic E-state index is 14.1. The van der Waals surface area contributed by atoms with Gasteiger partial charge in [0.2, 0.25) is 0 Å². The summed E-state index contributed by atoms with van der Waals surface area (Å²) in [5, 5.41) is 14.6. The molecule has 3 heterocycles. The van der Waals surface area contributed by atoms with Gasteiger partial charge in [-0.25, -0.2) is 4.68 Å². The van der Waals surface area contributed by atoms with Crippen LogP contribution in [0.25, 0.3) is 11.5 Å². The van der Waals surface area contributed by atoms with Crippen LogP contribution in [0.2, 0.25) is 0 Å². The average Bonchev–Trinajstić information content (AvgIpc) is 3.41. The maximum Gasteiger partial charge on any atom is 0.410 e. The van der Waals surface area contributed by atoms with E-state index in [-0.39, 0.29) is 6.42 Å². The van der Waals surface area contributed by atoms with Gasteiger partial charge in [0.05, 0.1) is 12.6 Å². The Balaban J connectivity index is 1.51. The van der Waals surface area contributed by atoms with E-state index >= 15 is 0 Å². The lowest BCUT2D eigenvalue weighted by Gasteiger charge is -2.33. The van der Waals surface area contributed by atoms with Gasteiger partial charge in [0, 0.05) is 12.5 Å². The summed E-state index contributed by atoms with van der Waals surface area (Å²) in [5.41, 5.74) is 3.27. The van der Waals surface area contributed by atoms with E-state index in [4.69, 9.17) is 12.2 Å². The van der Waals surface area contributed by atoms with Gasteiger partial charge in [-0.05, 0) is 34.8 Å². The van der Waals surface area contributed by atoms with E-state index in [2.05, 4.69) is 34.5 Å². The molecule has 182 valence electrons. The Morgan fingerprint density at radius 3 is 2.46 bits per heavy atom. The number of H-pyrrole nitrogens is 1. The van der Waals surface area contributed by atoms with Crippen molar-refractivity contribution in [2.45, 2.75) is 51.0 Å². The van der Waals surface area contributed by atoms with Gasteiger partial charge in [-0.15, -0.1) is 0 Å². The molecule has 0 amide bonds. The molecule has 0 fully saturated rings. The van der Waals surface area contributed by atoms with Gasteiger partial charge in [-0.2, -0.15) is 23.4 Å². The minimum Gasteiger partial charge on any atom is -0.363 e. The highest BCUT2D eigenvalue weighted by atomic mass is 32.1. The highest BCUT2D eigenvalue weighted by Crippen LogP contribution is 2.44. The number of hydrogen-bond donors (Lipinski definition) is 2. The van der Waals surface area contributed by atoms with Crippen molar-refractivity contribution in [2.75, 3.05) is 5.32 Å². The Labute approximate surface area is 205 Å². The first-order chi connectivity index (χ1) is 16.7. The number of nitrogens with zero attached hydrogens (tertiary/aromatic N) is 4. The van der Waals surface area contributed by atoms with Crippen LogP contribution in [-0.4, -0.2) is 30.7 Å². The molecule has 35 heavy (non-hydrogen) atoms. The predicted molar refractivity (Wildman–Crippen MR) is 131 cm³/mol. The number of hydrogen-bond acceptors (Lipinski definition) is 4. The quantitative estimate of drug-likeness (QED) is 0.303. The second-order valence-corrected chi connectivity index (χ2v) is 9.48. The van der Waals surface area contributed by atoms with Crippen LogP contribution in [0.5, 0.6) is 0 Å². The highest BCUT2D eigenvalue weighted by Gasteiger charge is 2.46. The summed E-state index contributed by atoms with van der Waals surface area (Å²) in [4.78, 5) is 0. The van der Waals surface area contributed by atoms with E-state index in [1.165, 1.54) is 0 Å². The molecule has 0 radical (unpaired) electrons. The van der Waals surface area contributed by atoms with Gasteiger partial charge in [0.1, 0.15) is 11.5 Å². The summed E-state index contributed by atoms with van der Waals surface area (Å²) < 4.78 is 45.5. The molecule has 0 spiro atoms. The lowest BCUT2D eigenvalue weighted by Crippen LogP contribution is -2.35. The Morgan fingerprint density at radius 1 is 1.09 bits per heavy atom. The van der Waals surface area contributed by atoms with Crippen molar-refractivity contribution in [3.63, 3.8) is 0 Å². The number of rotatable bonds is 5. The van der Waals surface area contributed by atoms with Crippen LogP contribution in [0.4, 0.5) is 19.0 Å². The average molecular weight is 499 g/mol. The van der Waals surface area contributed by atoms with Crippen molar-refractivity contribution in [3.05, 3.63) is 82.1 Å². The van der Waals surface area contributed by atoms with Crippen molar-refractivity contribution < 1.29 is 13.2 Å². The molecule has 0 saturated carbocycles. The van der Waals surface area contributed by atoms with Crippen LogP contribution in [0.3, 0.4) is 0 Å². The Kier molecular flexibility index (Phi) is 6.00. The summed E-state index contributed by atoms with van der Waals surface area (Å²) >= 11 is 5.39. The smallest absolute Gasteiger partial charge is 0.363 e. The van der Waals surface area contributed by atoms with Crippen molar-refractivity contribution in [1.29, 1.82) is 0 Å². The molecule has 1 aliphatic rings. The zero-order valence-corrected chi connectivity index (χ0v) is 20.1. The van der Waals surface area contributed by atoms with Gasteiger partial charge in [-0.1, -0.05) is 68.4 Å². The molecule has 0 unspecified atom stereocenters. The Morgan fingerprint density at radius 2 is 1.80 bits per heavy atom. The van der Waals surface area contributed by atoms with E-state index in [9.17, 15) is 13.2 Å². The molecule has 0 saturated heterocycles. The van der Waals surface area contributed by atoms with E-state index in [1.807, 2.05) is 54.6 Å². The van der Waals surface area contributed by atoms with Crippen LogP contribution in [0.1, 0.15) is 55.0 Å². The SMILES string of the molecule is CC(C)c1ccc([C@H]2C[C@@H](C(F)(F)F)n3nc(-c4n[nH]c(=S)n4Cc4ccccc4)cc3N2)cc1. The molecule has 2 atom stereocenters. The minimum absolute atomic E-state index is 0.157. The van der Waals surface area contributed by atoms with Gasteiger partial charge >= 0.3 is 6.18 Å². The van der Waals surface area contributed by atoms with Crippen LogP contribution in [-0.2, 0) is 6.54 Å². The zero-order valence-electron chi connectivity index (χ0n) is 19.3. The van der Waals surface area contributed by atoms with Crippen LogP contribution in [0, 0.1) is 4.77 Å². The molecule has 10 heteroatoms. The first kappa shape index (κ1) is 23.3. The summed E-state index contributed by atoms with van der Waals surface area (Å²) in [7, 11) is 0. The number of benzene rings is 2. The lowest BCUT2D eigenvalue weighted by atomic mass is 9.94. The number of nitrogens with one attached hydrogen (secondary N) is 2. The van der Waals surface area contributed by atoms with Gasteiger partial charge < -0.3 is 5.32 Å². The largest absolute Gasteiger partial charge is 0.410 e. The summed E-state index contributed by atoms with van der Waals surface area (Å²) in [6.45, 7) is 4.59. The molecule has 0 bridgehead atoms. The predicted octanol–water partition coefficient (Wildman–Crippen LogP) is 6.64. The number of anilines is 1. The molecular formula is C25H25F3N6S. The third-order valence-corrected chi connectivity index (χ3v) is 6.68. The minimum atomic E-state index is -4.45. The normalized spacial score (nSPS) is 17.9. The summed E-state index contributed by atoms with van der Waals surface area (Å²) in [6.07, 6.45) is -4.61. The zero-order chi connectivity index (χ0) is 24.7. The molecule has 5 rings (SSSR count). The van der Waals surface area contributed by atoms with E-state index in [0.29, 0.717) is 34.6 Å². The summed E-state index contributed by atoms with van der Waals surface area (Å²) in [6, 6.07) is 16.8. The van der Waals surface area contributed by atoms with Crippen molar-refractivity contribution >= 4 is 18.0 Å². The molecule has 0 aliphatic carbocycles. The monoisotopic (exact) mass is 498 g/mol. The van der Waals surface area contributed by atoms with Gasteiger partial charge in [-0.3, -0.25) is 9.67 Å². The Hall–Kier alpha value is -3.40. The second-order valence-electron chi connectivity index (χ2n) is 9.09. The fourth-order valence-electron chi connectivity index (χ4n) is 4.44. The number of halogens is 3. The fraction of sp³-hybridized carbons (Fsp3) is 0.320. The first-order valence-corrected chi connectivity index (χ1v) is 11.8. The van der Waals surface area contributed by atoms with Crippen molar-refractivity contribution in [1.82, 2.24) is 24.5 Å². The topological polar surface area (TPSA) is 63.5 Å². The third-order valence-electron chi connectivity index (χ3n) is 6.37. The number of fused-ring (bicyclic) bond motifs is 1. The number of aromatic nitrogens is 5. The molecule has 6 nitrogen and oxygen atoms in total. The first-order valence-electron chi connectivity index (χ1n) is 11.4. The van der Waals surface area contributed by atoms with Crippen LogP contribution >= 0.6 is 12.2 Å². The third kappa shape index (κ3) is 4.62. The number of aromatic amines is 1. The summed E-state index contributed by atoms with van der Waals surface area (Å²) in [5.74, 6) is 1.04. The fourth-order valence-corrected chi connectivity index (χ4v) is 4.64. The molecule has 2 N–H and O–H groups in total. The van der Waals surface area contributed by atoms with Crippen LogP contribution < -0.4 is 5.32 Å². The highest BCUT2D eigenvalue weighted by molar-refractivity contribution is 7.71.